The van der Waals surface area contributed by atoms with Crippen LogP contribution in [0.15, 0.2) is 47.1 Å². The molecule has 2 aromatic heterocycles. The van der Waals surface area contributed by atoms with Crippen molar-refractivity contribution in [3.63, 3.8) is 0 Å². The summed E-state index contributed by atoms with van der Waals surface area (Å²) in [7, 11) is 0. The Hall–Kier alpha value is -2.86. The minimum Gasteiger partial charge on any atom is -0.382 e. The number of aromatic nitrogens is 2. The molecule has 1 saturated carbocycles. The van der Waals surface area contributed by atoms with Gasteiger partial charge in [-0.2, -0.15) is 0 Å². The fourth-order valence-corrected chi connectivity index (χ4v) is 3.01. The fraction of sp³-hybridized carbons (Fsp3) is 0.250. The number of anilines is 2. The van der Waals surface area contributed by atoms with Gasteiger partial charge in [0.1, 0.15) is 11.6 Å². The number of halogens is 1. The Kier molecular flexibility index (Phi) is 4.36. The highest BCUT2D eigenvalue weighted by Crippen LogP contribution is 2.48. The quantitative estimate of drug-likeness (QED) is 0.689. The van der Waals surface area contributed by atoms with Crippen molar-refractivity contribution in [1.29, 1.82) is 0 Å². The Labute approximate surface area is 161 Å². The molecule has 1 amide bonds. The van der Waals surface area contributed by atoms with Gasteiger partial charge in [0.15, 0.2) is 5.82 Å². The van der Waals surface area contributed by atoms with E-state index in [9.17, 15) is 4.79 Å². The van der Waals surface area contributed by atoms with E-state index in [4.69, 9.17) is 21.9 Å². The summed E-state index contributed by atoms with van der Waals surface area (Å²) >= 11 is 6.02. The summed E-state index contributed by atoms with van der Waals surface area (Å²) < 4.78 is 5.34. The largest absolute Gasteiger partial charge is 0.382 e. The number of nitrogens with two attached hydrogens (primary N) is 1. The molecule has 1 aliphatic rings. The molecular weight excluding hydrogens is 364 g/mol. The number of nitrogen functional groups attached to an aromatic ring is 1. The van der Waals surface area contributed by atoms with Crippen LogP contribution < -0.4 is 11.1 Å². The second kappa shape index (κ2) is 6.70. The van der Waals surface area contributed by atoms with Gasteiger partial charge in [0.25, 0.3) is 0 Å². The fourth-order valence-electron chi connectivity index (χ4n) is 2.85. The average molecular weight is 383 g/mol. The molecule has 0 aliphatic heterocycles. The number of nitrogens with one attached hydrogen (secondary N) is 1. The molecule has 3 N–H and O–H groups in total. The standard InChI is InChI=1S/C20H19ClN4O2/c1-20(6-7-20)16-10-17(25-27-16)24-18(26)8-12-2-4-13(5-3-12)14-9-15(21)19(22)23-11-14/h2-5,9-11H,6-8H2,1H3,(H2,22,23)(H,24,25,26). The maximum absolute atomic E-state index is 12.3. The second-order valence-corrected chi connectivity index (χ2v) is 7.56. The highest BCUT2D eigenvalue weighted by atomic mass is 35.5. The zero-order valence-electron chi connectivity index (χ0n) is 14.8. The van der Waals surface area contributed by atoms with Crippen LogP contribution in [-0.2, 0) is 16.6 Å². The Balaban J connectivity index is 1.39. The van der Waals surface area contributed by atoms with Crippen molar-refractivity contribution >= 4 is 29.1 Å². The van der Waals surface area contributed by atoms with E-state index in [1.807, 2.05) is 30.3 Å². The zero-order chi connectivity index (χ0) is 19.0. The van der Waals surface area contributed by atoms with Gasteiger partial charge >= 0.3 is 0 Å². The first-order chi connectivity index (χ1) is 12.9. The molecular formula is C20H19ClN4O2. The Morgan fingerprint density at radius 3 is 2.67 bits per heavy atom. The maximum Gasteiger partial charge on any atom is 0.230 e. The van der Waals surface area contributed by atoms with E-state index in [0.717, 1.165) is 35.3 Å². The summed E-state index contributed by atoms with van der Waals surface area (Å²) in [5.74, 6) is 1.46. The highest BCUT2D eigenvalue weighted by molar-refractivity contribution is 6.33. The SMILES string of the molecule is CC1(c2cc(NC(=O)Cc3ccc(-c4cnc(N)c(Cl)c4)cc3)no2)CC1. The summed E-state index contributed by atoms with van der Waals surface area (Å²) in [4.78, 5) is 16.3. The first-order valence-corrected chi connectivity index (χ1v) is 9.08. The highest BCUT2D eigenvalue weighted by Gasteiger charge is 2.42. The number of rotatable bonds is 5. The molecule has 0 unspecified atom stereocenters. The number of carbonyl (C=O) groups is 1. The first-order valence-electron chi connectivity index (χ1n) is 8.70. The summed E-state index contributed by atoms with van der Waals surface area (Å²) in [6.07, 6.45) is 4.11. The van der Waals surface area contributed by atoms with E-state index in [0.29, 0.717) is 16.7 Å². The van der Waals surface area contributed by atoms with Crippen LogP contribution in [0.5, 0.6) is 0 Å². The minimum absolute atomic E-state index is 0.0890. The van der Waals surface area contributed by atoms with Crippen molar-refractivity contribution in [2.45, 2.75) is 31.6 Å². The van der Waals surface area contributed by atoms with Crippen LogP contribution in [0.3, 0.4) is 0 Å². The molecule has 3 aromatic rings. The molecule has 27 heavy (non-hydrogen) atoms. The van der Waals surface area contributed by atoms with Crippen molar-refractivity contribution in [3.8, 4) is 11.1 Å². The molecule has 0 spiro atoms. The Morgan fingerprint density at radius 1 is 1.26 bits per heavy atom. The number of hydrogen-bond acceptors (Lipinski definition) is 5. The zero-order valence-corrected chi connectivity index (χ0v) is 15.6. The molecule has 6 nitrogen and oxygen atoms in total. The molecule has 0 saturated heterocycles. The van der Waals surface area contributed by atoms with Gasteiger partial charge < -0.3 is 15.6 Å². The van der Waals surface area contributed by atoms with Gasteiger partial charge in [0, 0.05) is 23.2 Å². The molecule has 4 rings (SSSR count). The van der Waals surface area contributed by atoms with E-state index >= 15 is 0 Å². The van der Waals surface area contributed by atoms with Crippen molar-refractivity contribution in [3.05, 3.63) is 58.9 Å². The van der Waals surface area contributed by atoms with E-state index in [1.54, 1.807) is 12.3 Å². The van der Waals surface area contributed by atoms with Crippen molar-refractivity contribution in [1.82, 2.24) is 10.1 Å². The predicted octanol–water partition coefficient (Wildman–Crippen LogP) is 4.20. The van der Waals surface area contributed by atoms with E-state index < -0.39 is 0 Å². The van der Waals surface area contributed by atoms with Gasteiger partial charge in [-0.1, -0.05) is 47.9 Å². The number of benzene rings is 1. The number of pyridine rings is 1. The Bertz CT molecular complexity index is 993. The lowest BCUT2D eigenvalue weighted by Crippen LogP contribution is -2.14. The van der Waals surface area contributed by atoms with Gasteiger partial charge in [0.2, 0.25) is 5.91 Å². The third-order valence-electron chi connectivity index (χ3n) is 4.89. The van der Waals surface area contributed by atoms with Crippen molar-refractivity contribution in [2.75, 3.05) is 11.1 Å². The topological polar surface area (TPSA) is 94.0 Å². The summed E-state index contributed by atoms with van der Waals surface area (Å²) in [5.41, 5.74) is 8.44. The molecule has 0 radical (unpaired) electrons. The first kappa shape index (κ1) is 17.5. The molecule has 1 aliphatic carbocycles. The third-order valence-corrected chi connectivity index (χ3v) is 5.20. The molecule has 0 bridgehead atoms. The lowest BCUT2D eigenvalue weighted by Gasteiger charge is -2.06. The number of carbonyl (C=O) groups excluding carboxylic acids is 1. The number of nitrogens with zero attached hydrogens (tertiary/aromatic N) is 2. The van der Waals surface area contributed by atoms with Crippen LogP contribution in [0, 0.1) is 0 Å². The van der Waals surface area contributed by atoms with E-state index in [2.05, 4.69) is 22.4 Å². The van der Waals surface area contributed by atoms with E-state index in [1.165, 1.54) is 0 Å². The van der Waals surface area contributed by atoms with Crippen LogP contribution in [0.4, 0.5) is 11.6 Å². The molecule has 138 valence electrons. The van der Waals surface area contributed by atoms with Crippen LogP contribution >= 0.6 is 11.6 Å². The minimum atomic E-state index is -0.138. The second-order valence-electron chi connectivity index (χ2n) is 7.15. The van der Waals surface area contributed by atoms with Crippen molar-refractivity contribution < 1.29 is 9.32 Å². The number of amides is 1. The van der Waals surface area contributed by atoms with Gasteiger partial charge in [-0.05, 0) is 30.0 Å². The van der Waals surface area contributed by atoms with Crippen molar-refractivity contribution in [2.24, 2.45) is 0 Å². The third kappa shape index (κ3) is 3.80. The van der Waals surface area contributed by atoms with E-state index in [-0.39, 0.29) is 17.7 Å². The van der Waals surface area contributed by atoms with Crippen LogP contribution in [0.2, 0.25) is 5.02 Å². The summed E-state index contributed by atoms with van der Waals surface area (Å²) in [6, 6.07) is 11.2. The lowest BCUT2D eigenvalue weighted by molar-refractivity contribution is -0.115. The maximum atomic E-state index is 12.3. The summed E-state index contributed by atoms with van der Waals surface area (Å²) in [6.45, 7) is 2.13. The Morgan fingerprint density at radius 2 is 2.00 bits per heavy atom. The molecule has 1 aromatic carbocycles. The van der Waals surface area contributed by atoms with Crippen LogP contribution in [-0.4, -0.2) is 16.0 Å². The average Bonchev–Trinajstić information content (AvgIpc) is 3.22. The smallest absolute Gasteiger partial charge is 0.230 e. The van der Waals surface area contributed by atoms with Gasteiger partial charge in [-0.15, -0.1) is 0 Å². The summed E-state index contributed by atoms with van der Waals surface area (Å²) in [5, 5.41) is 7.14. The lowest BCUT2D eigenvalue weighted by atomic mass is 10.0. The molecule has 1 fully saturated rings. The van der Waals surface area contributed by atoms with Crippen LogP contribution in [0.1, 0.15) is 31.1 Å². The molecule has 0 atom stereocenters. The monoisotopic (exact) mass is 382 g/mol. The van der Waals surface area contributed by atoms with Crippen LogP contribution in [0.25, 0.3) is 11.1 Å². The van der Waals surface area contributed by atoms with Gasteiger partial charge in [-0.25, -0.2) is 4.98 Å². The predicted molar refractivity (Wildman–Crippen MR) is 105 cm³/mol. The normalized spacial score (nSPS) is 14.7. The van der Waals surface area contributed by atoms with Gasteiger partial charge in [0.05, 0.1) is 11.4 Å². The molecule has 2 heterocycles. The molecule has 7 heteroatoms. The number of hydrogen-bond donors (Lipinski definition) is 2. The van der Waals surface area contributed by atoms with Gasteiger partial charge in [-0.3, -0.25) is 4.79 Å².